The van der Waals surface area contributed by atoms with E-state index in [2.05, 4.69) is 15.2 Å². The summed E-state index contributed by atoms with van der Waals surface area (Å²) in [6, 6.07) is 8.45. The number of hydrogen-bond acceptors (Lipinski definition) is 5. The molecular weight excluding hydrogens is 519 g/mol. The number of benzene rings is 1. The Bertz CT molecular complexity index is 805. The number of aliphatic imine (C=N–C) groups is 1. The number of ether oxygens (including phenoxy) is 1. The van der Waals surface area contributed by atoms with E-state index in [9.17, 15) is 13.2 Å². The molecule has 168 valence electrons. The van der Waals surface area contributed by atoms with Crippen molar-refractivity contribution in [3.8, 4) is 0 Å². The summed E-state index contributed by atoms with van der Waals surface area (Å²) in [7, 11) is -3.35. The van der Waals surface area contributed by atoms with Crippen molar-refractivity contribution in [2.75, 3.05) is 51.6 Å². The van der Waals surface area contributed by atoms with Crippen LogP contribution in [0.15, 0.2) is 40.2 Å². The minimum Gasteiger partial charge on any atom is -0.368 e. The van der Waals surface area contributed by atoms with E-state index < -0.39 is 9.84 Å². The number of amides is 1. The van der Waals surface area contributed by atoms with E-state index in [0.717, 1.165) is 12.8 Å². The van der Waals surface area contributed by atoms with Crippen LogP contribution in [0.5, 0.6) is 0 Å². The molecule has 0 aliphatic carbocycles. The molecule has 1 aromatic carbocycles. The number of hydrogen-bond donors (Lipinski definition) is 1. The maximum Gasteiger partial charge on any atom is 0.251 e. The van der Waals surface area contributed by atoms with Crippen LogP contribution in [0.1, 0.15) is 19.8 Å². The number of nitrogens with zero attached hydrogens (tertiary/aromatic N) is 3. The first kappa shape index (κ1) is 24.9. The summed E-state index contributed by atoms with van der Waals surface area (Å²) < 4.78 is 30.4. The maximum absolute atomic E-state index is 12.5. The Morgan fingerprint density at radius 2 is 1.83 bits per heavy atom. The fourth-order valence-electron chi connectivity index (χ4n) is 3.56. The molecule has 0 radical (unpaired) electrons. The lowest BCUT2D eigenvalue weighted by atomic mass is 10.2. The van der Waals surface area contributed by atoms with Gasteiger partial charge < -0.3 is 19.9 Å². The zero-order valence-corrected chi connectivity index (χ0v) is 20.5. The first-order chi connectivity index (χ1) is 14.0. The average molecular weight is 550 g/mol. The summed E-state index contributed by atoms with van der Waals surface area (Å²) in [5.41, 5.74) is 0. The second-order valence-electron chi connectivity index (χ2n) is 7.18. The second kappa shape index (κ2) is 11.8. The smallest absolute Gasteiger partial charge is 0.251 e. The molecule has 0 aromatic heterocycles. The van der Waals surface area contributed by atoms with E-state index in [1.807, 2.05) is 11.8 Å². The highest BCUT2D eigenvalue weighted by Gasteiger charge is 2.30. The topological polar surface area (TPSA) is 91.3 Å². The molecule has 2 aliphatic heterocycles. The summed E-state index contributed by atoms with van der Waals surface area (Å²) >= 11 is 0. The molecule has 10 heteroatoms. The molecule has 2 heterocycles. The predicted octanol–water partition coefficient (Wildman–Crippen LogP) is 1.37. The normalized spacial score (nSPS) is 20.0. The fourth-order valence-corrected chi connectivity index (χ4v) is 4.70. The number of nitrogens with one attached hydrogen (secondary N) is 1. The first-order valence-electron chi connectivity index (χ1n) is 10.2. The molecule has 0 spiro atoms. The summed E-state index contributed by atoms with van der Waals surface area (Å²) in [4.78, 5) is 21.3. The van der Waals surface area contributed by atoms with Crippen LogP contribution in [-0.4, -0.2) is 87.8 Å². The average Bonchev–Trinajstić information content (AvgIpc) is 3.28. The third-order valence-electron chi connectivity index (χ3n) is 5.15. The fraction of sp³-hybridized carbons (Fsp3) is 0.600. The number of carbonyl (C=O) groups is 1. The minimum atomic E-state index is -3.35. The zero-order valence-electron chi connectivity index (χ0n) is 17.3. The van der Waals surface area contributed by atoms with Gasteiger partial charge >= 0.3 is 0 Å². The van der Waals surface area contributed by atoms with Gasteiger partial charge in [-0.15, -0.1) is 24.0 Å². The van der Waals surface area contributed by atoms with Crippen LogP contribution in [0.2, 0.25) is 0 Å². The SMILES string of the molecule is CCNC(=NCCS(=O)(=O)c1ccccc1)N1CCN(C(=O)C2CCCO2)CC1.I. The Morgan fingerprint density at radius 3 is 2.43 bits per heavy atom. The van der Waals surface area contributed by atoms with Gasteiger partial charge in [0, 0.05) is 39.3 Å². The van der Waals surface area contributed by atoms with Gasteiger partial charge in [-0.2, -0.15) is 0 Å². The summed E-state index contributed by atoms with van der Waals surface area (Å²) in [5.74, 6) is 0.738. The lowest BCUT2D eigenvalue weighted by Crippen LogP contribution is -2.55. The van der Waals surface area contributed by atoms with Crippen molar-refractivity contribution in [1.29, 1.82) is 0 Å². The van der Waals surface area contributed by atoms with Crippen LogP contribution in [0.3, 0.4) is 0 Å². The van der Waals surface area contributed by atoms with Crippen LogP contribution in [0, 0.1) is 0 Å². The predicted molar refractivity (Wildman–Crippen MR) is 127 cm³/mol. The van der Waals surface area contributed by atoms with E-state index in [1.54, 1.807) is 30.3 Å². The Kier molecular flexibility index (Phi) is 9.82. The summed E-state index contributed by atoms with van der Waals surface area (Å²) in [6.45, 7) is 6.09. The molecule has 8 nitrogen and oxygen atoms in total. The van der Waals surface area contributed by atoms with Crippen molar-refractivity contribution < 1.29 is 17.9 Å². The van der Waals surface area contributed by atoms with E-state index in [0.29, 0.717) is 50.2 Å². The molecule has 2 fully saturated rings. The van der Waals surface area contributed by atoms with Gasteiger partial charge in [-0.3, -0.25) is 9.79 Å². The van der Waals surface area contributed by atoms with Gasteiger partial charge in [-0.25, -0.2) is 8.42 Å². The van der Waals surface area contributed by atoms with Crippen molar-refractivity contribution in [3.63, 3.8) is 0 Å². The van der Waals surface area contributed by atoms with Gasteiger partial charge in [0.25, 0.3) is 5.91 Å². The van der Waals surface area contributed by atoms with Crippen LogP contribution in [0.4, 0.5) is 0 Å². The van der Waals surface area contributed by atoms with Gasteiger partial charge in [0.2, 0.25) is 0 Å². The largest absolute Gasteiger partial charge is 0.368 e. The van der Waals surface area contributed by atoms with Crippen molar-refractivity contribution in [3.05, 3.63) is 30.3 Å². The molecular formula is C20H31IN4O4S. The van der Waals surface area contributed by atoms with Gasteiger partial charge in [-0.05, 0) is 31.9 Å². The van der Waals surface area contributed by atoms with E-state index in [4.69, 9.17) is 4.74 Å². The van der Waals surface area contributed by atoms with E-state index >= 15 is 0 Å². The molecule has 1 unspecified atom stereocenters. The molecule has 3 rings (SSSR count). The lowest BCUT2D eigenvalue weighted by Gasteiger charge is -2.37. The molecule has 1 aromatic rings. The van der Waals surface area contributed by atoms with Crippen LogP contribution < -0.4 is 5.32 Å². The van der Waals surface area contributed by atoms with Crippen molar-refractivity contribution >= 4 is 45.7 Å². The highest BCUT2D eigenvalue weighted by molar-refractivity contribution is 14.0. The Morgan fingerprint density at radius 1 is 1.17 bits per heavy atom. The standard InChI is InChI=1S/C20H30N4O4S.HI/c1-2-21-20(22-10-16-29(26,27)17-7-4-3-5-8-17)24-13-11-23(12-14-24)19(25)18-9-6-15-28-18;/h3-5,7-8,18H,2,6,9-16H2,1H3,(H,21,22);1H. The van der Waals surface area contributed by atoms with Crippen molar-refractivity contribution in [1.82, 2.24) is 15.1 Å². The molecule has 0 bridgehead atoms. The number of carbonyl (C=O) groups excluding carboxylic acids is 1. The third-order valence-corrected chi connectivity index (χ3v) is 6.87. The summed E-state index contributed by atoms with van der Waals surface area (Å²) in [5, 5.41) is 3.23. The first-order valence-corrected chi connectivity index (χ1v) is 11.9. The number of sulfone groups is 1. The molecule has 0 saturated carbocycles. The zero-order chi connectivity index (χ0) is 20.7. The number of guanidine groups is 1. The second-order valence-corrected chi connectivity index (χ2v) is 9.29. The maximum atomic E-state index is 12.5. The van der Waals surface area contributed by atoms with Gasteiger partial charge in [-0.1, -0.05) is 18.2 Å². The van der Waals surface area contributed by atoms with Crippen molar-refractivity contribution in [2.45, 2.75) is 30.8 Å². The lowest BCUT2D eigenvalue weighted by molar-refractivity contribution is -0.142. The van der Waals surface area contributed by atoms with Gasteiger partial charge in [0.05, 0.1) is 17.2 Å². The molecule has 2 aliphatic rings. The Hall–Kier alpha value is -1.40. The third kappa shape index (κ3) is 6.55. The minimum absolute atomic E-state index is 0. The molecule has 2 saturated heterocycles. The highest BCUT2D eigenvalue weighted by atomic mass is 127. The van der Waals surface area contributed by atoms with E-state index in [1.165, 1.54) is 0 Å². The Balaban J connectivity index is 0.00000320. The number of halogens is 1. The molecule has 1 N–H and O–H groups in total. The number of piperazine rings is 1. The van der Waals surface area contributed by atoms with Gasteiger partial charge in [0.1, 0.15) is 6.10 Å². The quantitative estimate of drug-likeness (QED) is 0.327. The molecule has 30 heavy (non-hydrogen) atoms. The Labute approximate surface area is 196 Å². The van der Waals surface area contributed by atoms with Crippen LogP contribution in [-0.2, 0) is 19.4 Å². The van der Waals surface area contributed by atoms with Crippen LogP contribution in [0.25, 0.3) is 0 Å². The molecule has 1 amide bonds. The monoisotopic (exact) mass is 550 g/mol. The molecule has 1 atom stereocenters. The van der Waals surface area contributed by atoms with Crippen LogP contribution >= 0.6 is 24.0 Å². The number of rotatable bonds is 6. The highest BCUT2D eigenvalue weighted by Crippen LogP contribution is 2.16. The summed E-state index contributed by atoms with van der Waals surface area (Å²) in [6.07, 6.45) is 1.46. The van der Waals surface area contributed by atoms with E-state index in [-0.39, 0.29) is 48.3 Å². The van der Waals surface area contributed by atoms with Crippen molar-refractivity contribution in [2.24, 2.45) is 4.99 Å². The van der Waals surface area contributed by atoms with Gasteiger partial charge in [0.15, 0.2) is 15.8 Å².